The quantitative estimate of drug-likeness (QED) is 0.770. The lowest BCUT2D eigenvalue weighted by atomic mass is 10.2. The van der Waals surface area contributed by atoms with E-state index in [1.807, 2.05) is 0 Å². The van der Waals surface area contributed by atoms with Gasteiger partial charge in [0.05, 0.1) is 6.61 Å². The standard InChI is InChI=1S/C12H17N3O4/c1-15(2)11(16)9-6-8(4-5-13-9)14-10(7-19-3)12(17)18/h4-6,10H,7H2,1-3H3,(H,13,14)(H,17,18). The second kappa shape index (κ2) is 6.69. The van der Waals surface area contributed by atoms with Crippen LogP contribution in [0.5, 0.6) is 0 Å². The number of carbonyl (C=O) groups is 2. The summed E-state index contributed by atoms with van der Waals surface area (Å²) in [5.74, 6) is -1.28. The lowest BCUT2D eigenvalue weighted by Crippen LogP contribution is -2.33. The summed E-state index contributed by atoms with van der Waals surface area (Å²) in [6.07, 6.45) is 1.45. The molecule has 0 fully saturated rings. The normalized spacial score (nSPS) is 11.7. The first-order valence-corrected chi connectivity index (χ1v) is 5.61. The lowest BCUT2D eigenvalue weighted by Gasteiger charge is -2.15. The molecule has 0 aromatic carbocycles. The van der Waals surface area contributed by atoms with Crippen molar-refractivity contribution in [1.82, 2.24) is 9.88 Å². The molecule has 0 saturated heterocycles. The molecule has 1 amide bonds. The van der Waals surface area contributed by atoms with Crippen LogP contribution >= 0.6 is 0 Å². The first kappa shape index (κ1) is 14.9. The molecule has 7 heteroatoms. The van der Waals surface area contributed by atoms with E-state index in [0.717, 1.165) is 0 Å². The fourth-order valence-corrected chi connectivity index (χ4v) is 1.41. The maximum absolute atomic E-state index is 11.7. The van der Waals surface area contributed by atoms with Crippen LogP contribution in [-0.4, -0.2) is 60.7 Å². The highest BCUT2D eigenvalue weighted by atomic mass is 16.5. The molecule has 19 heavy (non-hydrogen) atoms. The Bertz CT molecular complexity index is 462. The van der Waals surface area contributed by atoms with Crippen molar-refractivity contribution in [1.29, 1.82) is 0 Å². The van der Waals surface area contributed by atoms with Gasteiger partial charge < -0.3 is 20.1 Å². The maximum Gasteiger partial charge on any atom is 0.328 e. The summed E-state index contributed by atoms with van der Waals surface area (Å²) < 4.78 is 4.82. The molecule has 0 radical (unpaired) electrons. The number of carboxylic acid groups (broad SMARTS) is 1. The highest BCUT2D eigenvalue weighted by Gasteiger charge is 2.18. The van der Waals surface area contributed by atoms with Gasteiger partial charge in [-0.15, -0.1) is 0 Å². The van der Waals surface area contributed by atoms with Crippen LogP contribution < -0.4 is 5.32 Å². The van der Waals surface area contributed by atoms with Crippen molar-refractivity contribution >= 4 is 17.6 Å². The van der Waals surface area contributed by atoms with E-state index >= 15 is 0 Å². The number of hydrogen-bond acceptors (Lipinski definition) is 5. The summed E-state index contributed by atoms with van der Waals surface area (Å²) in [5.41, 5.74) is 0.751. The third kappa shape index (κ3) is 4.22. The van der Waals surface area contributed by atoms with Gasteiger partial charge in [0.2, 0.25) is 0 Å². The van der Waals surface area contributed by atoms with E-state index in [9.17, 15) is 9.59 Å². The lowest BCUT2D eigenvalue weighted by molar-refractivity contribution is -0.139. The van der Waals surface area contributed by atoms with Crippen molar-refractivity contribution in [2.45, 2.75) is 6.04 Å². The molecule has 0 aliphatic heterocycles. The average molecular weight is 267 g/mol. The molecular formula is C12H17N3O4. The molecule has 0 aliphatic rings. The summed E-state index contributed by atoms with van der Waals surface area (Å²) in [6.45, 7) is 0.0224. The van der Waals surface area contributed by atoms with Crippen LogP contribution in [0.15, 0.2) is 18.3 Å². The number of amides is 1. The molecule has 2 N–H and O–H groups in total. The summed E-state index contributed by atoms with van der Waals surface area (Å²) in [6, 6.07) is 2.22. The Morgan fingerprint density at radius 3 is 2.74 bits per heavy atom. The van der Waals surface area contributed by atoms with E-state index in [2.05, 4.69) is 10.3 Å². The molecule has 7 nitrogen and oxygen atoms in total. The van der Waals surface area contributed by atoms with Gasteiger partial charge in [0, 0.05) is 33.1 Å². The second-order valence-electron chi connectivity index (χ2n) is 4.12. The number of pyridine rings is 1. The van der Waals surface area contributed by atoms with Crippen molar-refractivity contribution in [3.8, 4) is 0 Å². The molecule has 1 atom stereocenters. The Hall–Kier alpha value is -2.15. The number of aliphatic carboxylic acids is 1. The number of ether oxygens (including phenoxy) is 1. The van der Waals surface area contributed by atoms with Crippen LogP contribution in [0.3, 0.4) is 0 Å². The third-order valence-corrected chi connectivity index (χ3v) is 2.36. The van der Waals surface area contributed by atoms with Crippen molar-refractivity contribution < 1.29 is 19.4 Å². The largest absolute Gasteiger partial charge is 0.480 e. The van der Waals surface area contributed by atoms with Crippen molar-refractivity contribution in [3.05, 3.63) is 24.0 Å². The molecule has 0 saturated carbocycles. The number of carboxylic acids is 1. The number of hydrogen-bond donors (Lipinski definition) is 2. The van der Waals surface area contributed by atoms with Crippen LogP contribution in [0.25, 0.3) is 0 Å². The van der Waals surface area contributed by atoms with Gasteiger partial charge in [-0.25, -0.2) is 4.79 Å². The first-order chi connectivity index (χ1) is 8.95. The number of aromatic nitrogens is 1. The van der Waals surface area contributed by atoms with Crippen LogP contribution in [0, 0.1) is 0 Å². The van der Waals surface area contributed by atoms with Gasteiger partial charge in [-0.1, -0.05) is 0 Å². The van der Waals surface area contributed by atoms with E-state index in [-0.39, 0.29) is 18.2 Å². The Morgan fingerprint density at radius 2 is 2.21 bits per heavy atom. The minimum Gasteiger partial charge on any atom is -0.480 e. The van der Waals surface area contributed by atoms with Gasteiger partial charge in [0.25, 0.3) is 5.91 Å². The van der Waals surface area contributed by atoms with Crippen LogP contribution in [0.4, 0.5) is 5.69 Å². The molecule has 104 valence electrons. The SMILES string of the molecule is COCC(Nc1ccnc(C(=O)N(C)C)c1)C(=O)O. The number of nitrogens with one attached hydrogen (secondary N) is 1. The monoisotopic (exact) mass is 267 g/mol. The molecule has 1 rings (SSSR count). The number of anilines is 1. The second-order valence-corrected chi connectivity index (χ2v) is 4.12. The highest BCUT2D eigenvalue weighted by Crippen LogP contribution is 2.11. The summed E-state index contributed by atoms with van der Waals surface area (Å²) in [7, 11) is 4.66. The molecular weight excluding hydrogens is 250 g/mol. The Kier molecular flexibility index (Phi) is 5.25. The number of carbonyl (C=O) groups excluding carboxylic acids is 1. The van der Waals surface area contributed by atoms with Gasteiger partial charge >= 0.3 is 5.97 Å². The number of methoxy groups -OCH3 is 1. The predicted molar refractivity (Wildman–Crippen MR) is 69.2 cm³/mol. The fourth-order valence-electron chi connectivity index (χ4n) is 1.41. The molecule has 1 heterocycles. The van der Waals surface area contributed by atoms with Crippen molar-refractivity contribution in [3.63, 3.8) is 0 Å². The zero-order valence-electron chi connectivity index (χ0n) is 11.1. The summed E-state index contributed by atoms with van der Waals surface area (Å²) in [5, 5.41) is 11.8. The first-order valence-electron chi connectivity index (χ1n) is 5.61. The maximum atomic E-state index is 11.7. The zero-order chi connectivity index (χ0) is 14.4. The smallest absolute Gasteiger partial charge is 0.328 e. The zero-order valence-corrected chi connectivity index (χ0v) is 11.1. The van der Waals surface area contributed by atoms with Gasteiger partial charge in [0.15, 0.2) is 0 Å². The van der Waals surface area contributed by atoms with Gasteiger partial charge in [-0.3, -0.25) is 9.78 Å². The Balaban J connectivity index is 2.87. The van der Waals surface area contributed by atoms with Crippen LogP contribution in [0.2, 0.25) is 0 Å². The van der Waals surface area contributed by atoms with Gasteiger partial charge in [-0.05, 0) is 12.1 Å². The van der Waals surface area contributed by atoms with Crippen LogP contribution in [0.1, 0.15) is 10.5 Å². The minimum atomic E-state index is -1.03. The molecule has 0 spiro atoms. The Morgan fingerprint density at radius 1 is 1.53 bits per heavy atom. The summed E-state index contributed by atoms with van der Waals surface area (Å²) in [4.78, 5) is 28.1. The van der Waals surface area contributed by atoms with E-state index in [1.165, 1.54) is 24.3 Å². The van der Waals surface area contributed by atoms with Gasteiger partial charge in [-0.2, -0.15) is 0 Å². The molecule has 0 aliphatic carbocycles. The van der Waals surface area contributed by atoms with Crippen LogP contribution in [-0.2, 0) is 9.53 Å². The molecule has 1 aromatic heterocycles. The van der Waals surface area contributed by atoms with Gasteiger partial charge in [0.1, 0.15) is 11.7 Å². The van der Waals surface area contributed by atoms with Crippen molar-refractivity contribution in [2.24, 2.45) is 0 Å². The number of rotatable bonds is 6. The minimum absolute atomic E-state index is 0.0224. The Labute approximate surface area is 111 Å². The van der Waals surface area contributed by atoms with E-state index in [1.54, 1.807) is 20.2 Å². The highest BCUT2D eigenvalue weighted by molar-refractivity contribution is 5.92. The van der Waals surface area contributed by atoms with E-state index < -0.39 is 12.0 Å². The van der Waals surface area contributed by atoms with Crippen molar-refractivity contribution in [2.75, 3.05) is 33.1 Å². The predicted octanol–water partition coefficient (Wildman–Crippen LogP) is 0.295. The fraction of sp³-hybridized carbons (Fsp3) is 0.417. The topological polar surface area (TPSA) is 91.8 Å². The number of nitrogens with zero attached hydrogens (tertiary/aromatic N) is 2. The molecule has 1 aromatic rings. The van der Waals surface area contributed by atoms with E-state index in [4.69, 9.17) is 9.84 Å². The average Bonchev–Trinajstić information content (AvgIpc) is 2.37. The van der Waals surface area contributed by atoms with E-state index in [0.29, 0.717) is 5.69 Å². The summed E-state index contributed by atoms with van der Waals surface area (Å²) >= 11 is 0. The molecule has 0 bridgehead atoms. The third-order valence-electron chi connectivity index (χ3n) is 2.36. The molecule has 1 unspecified atom stereocenters.